The zero-order valence-corrected chi connectivity index (χ0v) is 4.91. The highest BCUT2D eigenvalue weighted by Crippen LogP contribution is 2.29. The van der Waals surface area contributed by atoms with E-state index in [9.17, 15) is 4.39 Å². The molecule has 0 atom stereocenters. The molecule has 0 heterocycles. The average molecular weight is 153 g/mol. The zero-order valence-electron chi connectivity index (χ0n) is 3.32. The topological polar surface area (TPSA) is 0 Å². The Balaban J connectivity index is 2.11. The number of rotatable bonds is 0. The molecule has 0 saturated heterocycles. The summed E-state index contributed by atoms with van der Waals surface area (Å²) in [7, 11) is 0. The van der Waals surface area contributed by atoms with Crippen LogP contribution in [0.2, 0.25) is 0 Å². The number of halogens is 2. The molecule has 0 nitrogen and oxygen atoms in total. The van der Waals surface area contributed by atoms with Crippen LogP contribution >= 0.6 is 15.9 Å². The fraction of sp³-hybridized carbons (Fsp3) is 1.00. The lowest BCUT2D eigenvalue weighted by molar-refractivity contribution is 0.222. The van der Waals surface area contributed by atoms with Gasteiger partial charge in [-0.15, -0.1) is 0 Å². The average Bonchev–Trinajstić information content (AvgIpc) is 1.33. The Morgan fingerprint density at radius 1 is 1.50 bits per heavy atom. The summed E-state index contributed by atoms with van der Waals surface area (Å²) in [6.45, 7) is 0. The molecular formula is C4H6BrF. The SMILES string of the molecule is FC1CC(Br)C1. The first-order valence-corrected chi connectivity index (χ1v) is 2.99. The maximum atomic E-state index is 11.7. The Morgan fingerprint density at radius 3 is 2.00 bits per heavy atom. The fourth-order valence-electron chi connectivity index (χ4n) is 0.486. The van der Waals surface area contributed by atoms with Crippen molar-refractivity contribution in [2.24, 2.45) is 0 Å². The molecule has 0 aliphatic heterocycles. The molecule has 36 valence electrons. The van der Waals surface area contributed by atoms with Crippen LogP contribution in [0.3, 0.4) is 0 Å². The highest BCUT2D eigenvalue weighted by molar-refractivity contribution is 9.09. The van der Waals surface area contributed by atoms with E-state index >= 15 is 0 Å². The molecule has 0 amide bonds. The van der Waals surface area contributed by atoms with Crippen molar-refractivity contribution >= 4 is 15.9 Å². The molecule has 0 aromatic heterocycles. The summed E-state index contributed by atoms with van der Waals surface area (Å²) in [5.41, 5.74) is 0. The van der Waals surface area contributed by atoms with Crippen LogP contribution in [0.15, 0.2) is 0 Å². The van der Waals surface area contributed by atoms with Crippen LogP contribution in [0.25, 0.3) is 0 Å². The van der Waals surface area contributed by atoms with Gasteiger partial charge in [-0.2, -0.15) is 0 Å². The van der Waals surface area contributed by atoms with Gasteiger partial charge in [-0.1, -0.05) is 15.9 Å². The molecule has 1 rings (SSSR count). The fourth-order valence-corrected chi connectivity index (χ4v) is 1.30. The minimum absolute atomic E-state index is 0.479. The molecule has 0 radical (unpaired) electrons. The van der Waals surface area contributed by atoms with Crippen molar-refractivity contribution in [2.75, 3.05) is 0 Å². The summed E-state index contributed by atoms with van der Waals surface area (Å²) in [6, 6.07) is 0. The lowest BCUT2D eigenvalue weighted by Crippen LogP contribution is -2.24. The van der Waals surface area contributed by atoms with E-state index in [1.54, 1.807) is 0 Å². The zero-order chi connectivity index (χ0) is 4.57. The van der Waals surface area contributed by atoms with Crippen LogP contribution in [-0.2, 0) is 0 Å². The minimum Gasteiger partial charge on any atom is -0.247 e. The summed E-state index contributed by atoms with van der Waals surface area (Å²) < 4.78 is 11.7. The van der Waals surface area contributed by atoms with Crippen molar-refractivity contribution in [3.05, 3.63) is 0 Å². The third-order valence-corrected chi connectivity index (χ3v) is 1.77. The second-order valence-electron chi connectivity index (χ2n) is 1.67. The van der Waals surface area contributed by atoms with Gasteiger partial charge in [0.1, 0.15) is 6.17 Å². The van der Waals surface area contributed by atoms with Crippen LogP contribution in [0, 0.1) is 0 Å². The van der Waals surface area contributed by atoms with Crippen molar-refractivity contribution in [3.63, 3.8) is 0 Å². The molecule has 0 N–H and O–H groups in total. The van der Waals surface area contributed by atoms with E-state index in [1.165, 1.54) is 0 Å². The van der Waals surface area contributed by atoms with Gasteiger partial charge in [0.15, 0.2) is 0 Å². The monoisotopic (exact) mass is 152 g/mol. The van der Waals surface area contributed by atoms with Crippen LogP contribution in [-0.4, -0.2) is 11.0 Å². The van der Waals surface area contributed by atoms with Gasteiger partial charge in [0.2, 0.25) is 0 Å². The van der Waals surface area contributed by atoms with Crippen molar-refractivity contribution in [1.82, 2.24) is 0 Å². The second-order valence-corrected chi connectivity index (χ2v) is 2.96. The van der Waals surface area contributed by atoms with Gasteiger partial charge in [-0.25, -0.2) is 4.39 Å². The number of hydrogen-bond donors (Lipinski definition) is 0. The van der Waals surface area contributed by atoms with Gasteiger partial charge < -0.3 is 0 Å². The highest BCUT2D eigenvalue weighted by atomic mass is 79.9. The summed E-state index contributed by atoms with van der Waals surface area (Å²) in [6.07, 6.45) is 0.939. The molecule has 1 saturated carbocycles. The van der Waals surface area contributed by atoms with E-state index in [4.69, 9.17) is 0 Å². The van der Waals surface area contributed by atoms with Crippen LogP contribution in [0.1, 0.15) is 12.8 Å². The molecular weight excluding hydrogens is 147 g/mol. The van der Waals surface area contributed by atoms with Gasteiger partial charge in [0.05, 0.1) is 0 Å². The lowest BCUT2D eigenvalue weighted by atomic mass is 9.98. The summed E-state index contributed by atoms with van der Waals surface area (Å²) in [5.74, 6) is 0. The molecule has 1 aliphatic rings. The Bertz CT molecular complexity index is 43.5. The molecule has 0 unspecified atom stereocenters. The van der Waals surface area contributed by atoms with Crippen molar-refractivity contribution in [1.29, 1.82) is 0 Å². The van der Waals surface area contributed by atoms with E-state index in [0.717, 1.165) is 12.8 Å². The lowest BCUT2D eigenvalue weighted by Gasteiger charge is -2.23. The molecule has 1 fully saturated rings. The summed E-state index contributed by atoms with van der Waals surface area (Å²) >= 11 is 3.26. The smallest absolute Gasteiger partial charge is 0.102 e. The van der Waals surface area contributed by atoms with E-state index < -0.39 is 6.17 Å². The third kappa shape index (κ3) is 0.725. The summed E-state index contributed by atoms with van der Waals surface area (Å²) in [5, 5.41) is 0. The first-order valence-electron chi connectivity index (χ1n) is 2.07. The standard InChI is InChI=1S/C4H6BrF/c5-3-1-4(6)2-3/h3-4H,1-2H2. The first kappa shape index (κ1) is 4.57. The van der Waals surface area contributed by atoms with Gasteiger partial charge in [-0.05, 0) is 12.8 Å². The predicted molar refractivity (Wildman–Crippen MR) is 26.8 cm³/mol. The van der Waals surface area contributed by atoms with Crippen molar-refractivity contribution in [3.8, 4) is 0 Å². The van der Waals surface area contributed by atoms with E-state index in [-0.39, 0.29) is 0 Å². The van der Waals surface area contributed by atoms with E-state index in [0.29, 0.717) is 4.83 Å². The number of hydrogen-bond acceptors (Lipinski definition) is 0. The van der Waals surface area contributed by atoms with Gasteiger partial charge in [0.25, 0.3) is 0 Å². The highest BCUT2D eigenvalue weighted by Gasteiger charge is 2.25. The van der Waals surface area contributed by atoms with Crippen LogP contribution in [0.5, 0.6) is 0 Å². The largest absolute Gasteiger partial charge is 0.247 e. The van der Waals surface area contributed by atoms with Gasteiger partial charge in [0, 0.05) is 4.83 Å². The Kier molecular flexibility index (Phi) is 1.13. The van der Waals surface area contributed by atoms with E-state index in [2.05, 4.69) is 15.9 Å². The van der Waals surface area contributed by atoms with E-state index in [1.807, 2.05) is 0 Å². The molecule has 2 heteroatoms. The van der Waals surface area contributed by atoms with Gasteiger partial charge >= 0.3 is 0 Å². The molecule has 0 aromatic carbocycles. The molecule has 0 aromatic rings. The number of alkyl halides is 2. The molecule has 0 bridgehead atoms. The summed E-state index contributed by atoms with van der Waals surface area (Å²) in [4.78, 5) is 0.479. The Labute approximate surface area is 44.9 Å². The predicted octanol–water partition coefficient (Wildman–Crippen LogP) is 1.88. The maximum absolute atomic E-state index is 11.7. The van der Waals surface area contributed by atoms with Gasteiger partial charge in [-0.3, -0.25) is 0 Å². The maximum Gasteiger partial charge on any atom is 0.102 e. The van der Waals surface area contributed by atoms with Crippen LogP contribution < -0.4 is 0 Å². The van der Waals surface area contributed by atoms with Crippen molar-refractivity contribution < 1.29 is 4.39 Å². The van der Waals surface area contributed by atoms with Crippen LogP contribution in [0.4, 0.5) is 4.39 Å². The van der Waals surface area contributed by atoms with Crippen molar-refractivity contribution in [2.45, 2.75) is 23.8 Å². The first-order chi connectivity index (χ1) is 2.79. The second kappa shape index (κ2) is 1.49. The molecule has 0 spiro atoms. The molecule has 6 heavy (non-hydrogen) atoms. The minimum atomic E-state index is -0.505. The molecule has 1 aliphatic carbocycles. The normalized spacial score (nSPS) is 45.0. The Morgan fingerprint density at radius 2 is 2.00 bits per heavy atom. The third-order valence-electron chi connectivity index (χ3n) is 1.02. The quantitative estimate of drug-likeness (QED) is 0.466. The Hall–Kier alpha value is 0.410.